The average molecular weight is 283 g/mol. The number of ether oxygens (including phenoxy) is 2. The molecule has 0 unspecified atom stereocenters. The molecule has 0 radical (unpaired) electrons. The highest BCUT2D eigenvalue weighted by Gasteiger charge is 2.13. The predicted molar refractivity (Wildman–Crippen MR) is 78.2 cm³/mol. The summed E-state index contributed by atoms with van der Waals surface area (Å²) in [6.07, 6.45) is 4.37. The Kier molecular flexibility index (Phi) is 7.91. The number of aliphatic hydroxyl groups is 1. The van der Waals surface area contributed by atoms with E-state index >= 15 is 0 Å². The smallest absolute Gasteiger partial charge is 0.179 e. The first-order chi connectivity index (χ1) is 9.71. The maximum absolute atomic E-state index is 9.12. The molecule has 6 heteroatoms. The first-order valence-electron chi connectivity index (χ1n) is 7.04. The molecule has 0 bridgehead atoms. The maximum Gasteiger partial charge on any atom is 0.179 e. The van der Waals surface area contributed by atoms with Crippen LogP contribution in [0.4, 0.5) is 5.82 Å². The van der Waals surface area contributed by atoms with E-state index in [0.717, 1.165) is 12.8 Å². The van der Waals surface area contributed by atoms with Gasteiger partial charge in [0.1, 0.15) is 12.4 Å². The molecule has 0 fully saturated rings. The molecule has 0 saturated heterocycles. The quantitative estimate of drug-likeness (QED) is 0.637. The normalized spacial score (nSPS) is 12.2. The average Bonchev–Trinajstić information content (AvgIpc) is 2.42. The zero-order valence-electron chi connectivity index (χ0n) is 12.6. The standard InChI is InChI=1S/C14H25N3O3/c1-4-5-12(6-7-18)17-14-13(20-9-8-19-3)10-15-11(2)16-14/h10,12,18H,4-9H2,1-3H3,(H,15,16,17)/t12-/m1/s1. The second-order valence-corrected chi connectivity index (χ2v) is 4.61. The summed E-state index contributed by atoms with van der Waals surface area (Å²) in [6, 6.07) is 0.184. The van der Waals surface area contributed by atoms with E-state index in [1.165, 1.54) is 0 Å². The molecule has 1 aromatic rings. The van der Waals surface area contributed by atoms with Crippen molar-refractivity contribution in [1.82, 2.24) is 9.97 Å². The minimum atomic E-state index is 0.154. The van der Waals surface area contributed by atoms with Crippen LogP contribution in [0, 0.1) is 6.92 Å². The summed E-state index contributed by atoms with van der Waals surface area (Å²) >= 11 is 0. The lowest BCUT2D eigenvalue weighted by atomic mass is 10.1. The Labute approximate surface area is 120 Å². The fraction of sp³-hybridized carbons (Fsp3) is 0.714. The van der Waals surface area contributed by atoms with Crippen molar-refractivity contribution in [3.05, 3.63) is 12.0 Å². The van der Waals surface area contributed by atoms with Crippen molar-refractivity contribution in [2.75, 3.05) is 32.2 Å². The van der Waals surface area contributed by atoms with Gasteiger partial charge in [-0.1, -0.05) is 13.3 Å². The number of hydrogen-bond acceptors (Lipinski definition) is 6. The fourth-order valence-corrected chi connectivity index (χ4v) is 1.89. The molecular formula is C14H25N3O3. The van der Waals surface area contributed by atoms with Gasteiger partial charge in [0.15, 0.2) is 11.6 Å². The lowest BCUT2D eigenvalue weighted by Gasteiger charge is -2.19. The molecule has 1 rings (SSSR count). The van der Waals surface area contributed by atoms with E-state index in [1.54, 1.807) is 13.3 Å². The Hall–Kier alpha value is -1.40. The number of aryl methyl sites for hydroxylation is 1. The topological polar surface area (TPSA) is 76.5 Å². The van der Waals surface area contributed by atoms with Gasteiger partial charge in [0.2, 0.25) is 0 Å². The van der Waals surface area contributed by atoms with Crippen molar-refractivity contribution in [3.8, 4) is 5.75 Å². The summed E-state index contributed by atoms with van der Waals surface area (Å²) in [5, 5.41) is 12.5. The van der Waals surface area contributed by atoms with Crippen molar-refractivity contribution in [1.29, 1.82) is 0 Å². The number of rotatable bonds is 10. The van der Waals surface area contributed by atoms with E-state index in [4.69, 9.17) is 14.6 Å². The minimum absolute atomic E-state index is 0.154. The van der Waals surface area contributed by atoms with Crippen LogP contribution in [0.2, 0.25) is 0 Å². The Morgan fingerprint density at radius 2 is 2.15 bits per heavy atom. The maximum atomic E-state index is 9.12. The van der Waals surface area contributed by atoms with Gasteiger partial charge in [0, 0.05) is 19.8 Å². The molecule has 2 N–H and O–H groups in total. The Bertz CT molecular complexity index is 382. The van der Waals surface area contributed by atoms with Crippen LogP contribution in [0.3, 0.4) is 0 Å². The van der Waals surface area contributed by atoms with Gasteiger partial charge >= 0.3 is 0 Å². The van der Waals surface area contributed by atoms with Crippen molar-refractivity contribution >= 4 is 5.82 Å². The van der Waals surface area contributed by atoms with Crippen molar-refractivity contribution in [2.45, 2.75) is 39.2 Å². The molecule has 0 saturated carbocycles. The van der Waals surface area contributed by atoms with Gasteiger partial charge in [-0.25, -0.2) is 9.97 Å². The number of aliphatic hydroxyl groups excluding tert-OH is 1. The molecule has 1 heterocycles. The van der Waals surface area contributed by atoms with Crippen molar-refractivity contribution in [3.63, 3.8) is 0 Å². The number of methoxy groups -OCH3 is 1. The molecule has 114 valence electrons. The monoisotopic (exact) mass is 283 g/mol. The summed E-state index contributed by atoms with van der Waals surface area (Å²) in [6.45, 7) is 5.08. The van der Waals surface area contributed by atoms with Crippen LogP contribution in [0.5, 0.6) is 5.75 Å². The third kappa shape index (κ3) is 5.71. The third-order valence-electron chi connectivity index (χ3n) is 2.88. The SMILES string of the molecule is CCC[C@H](CCO)Nc1nc(C)ncc1OCCOC. The molecule has 0 aliphatic rings. The third-order valence-corrected chi connectivity index (χ3v) is 2.88. The first kappa shape index (κ1) is 16.7. The van der Waals surface area contributed by atoms with Gasteiger partial charge in [-0.15, -0.1) is 0 Å². The molecule has 0 aliphatic heterocycles. The Balaban J connectivity index is 2.75. The van der Waals surface area contributed by atoms with Crippen molar-refractivity contribution in [2.24, 2.45) is 0 Å². The van der Waals surface area contributed by atoms with E-state index in [2.05, 4.69) is 22.2 Å². The van der Waals surface area contributed by atoms with Gasteiger partial charge in [0.05, 0.1) is 12.8 Å². The van der Waals surface area contributed by atoms with Gasteiger partial charge in [-0.3, -0.25) is 0 Å². The van der Waals surface area contributed by atoms with Gasteiger partial charge < -0.3 is 19.9 Å². The van der Waals surface area contributed by atoms with Crippen LogP contribution in [-0.4, -0.2) is 48.0 Å². The van der Waals surface area contributed by atoms with Crippen LogP contribution in [0.25, 0.3) is 0 Å². The van der Waals surface area contributed by atoms with E-state index < -0.39 is 0 Å². The number of aromatic nitrogens is 2. The van der Waals surface area contributed by atoms with Gasteiger partial charge in [-0.05, 0) is 19.8 Å². The van der Waals surface area contributed by atoms with E-state index in [9.17, 15) is 0 Å². The van der Waals surface area contributed by atoms with Crippen LogP contribution in [-0.2, 0) is 4.74 Å². The van der Waals surface area contributed by atoms with E-state index in [-0.39, 0.29) is 12.6 Å². The highest BCUT2D eigenvalue weighted by atomic mass is 16.5. The van der Waals surface area contributed by atoms with Crippen molar-refractivity contribution < 1.29 is 14.6 Å². The van der Waals surface area contributed by atoms with Crippen LogP contribution >= 0.6 is 0 Å². The molecule has 0 spiro atoms. The lowest BCUT2D eigenvalue weighted by Crippen LogP contribution is -2.22. The molecule has 0 aliphatic carbocycles. The zero-order valence-corrected chi connectivity index (χ0v) is 12.6. The summed E-state index contributed by atoms with van der Waals surface area (Å²) in [4.78, 5) is 8.54. The molecule has 0 amide bonds. The Morgan fingerprint density at radius 3 is 2.80 bits per heavy atom. The first-order valence-corrected chi connectivity index (χ1v) is 7.04. The fourth-order valence-electron chi connectivity index (χ4n) is 1.89. The highest BCUT2D eigenvalue weighted by molar-refractivity contribution is 5.49. The molecule has 0 aromatic carbocycles. The largest absolute Gasteiger partial charge is 0.486 e. The second-order valence-electron chi connectivity index (χ2n) is 4.61. The predicted octanol–water partition coefficient (Wildman–Crippen LogP) is 1.77. The van der Waals surface area contributed by atoms with Crippen LogP contribution < -0.4 is 10.1 Å². The van der Waals surface area contributed by atoms with Crippen LogP contribution in [0.15, 0.2) is 6.20 Å². The summed E-state index contributed by atoms with van der Waals surface area (Å²) in [5.74, 6) is 1.98. The minimum Gasteiger partial charge on any atom is -0.486 e. The molecule has 20 heavy (non-hydrogen) atoms. The summed E-state index contributed by atoms with van der Waals surface area (Å²) < 4.78 is 10.6. The number of anilines is 1. The second kappa shape index (κ2) is 9.50. The molecule has 1 aromatic heterocycles. The molecule has 1 atom stereocenters. The highest BCUT2D eigenvalue weighted by Crippen LogP contribution is 2.23. The zero-order chi connectivity index (χ0) is 14.8. The molecule has 6 nitrogen and oxygen atoms in total. The number of hydrogen-bond donors (Lipinski definition) is 2. The van der Waals surface area contributed by atoms with E-state index in [1.807, 2.05) is 6.92 Å². The van der Waals surface area contributed by atoms with Gasteiger partial charge in [0.25, 0.3) is 0 Å². The van der Waals surface area contributed by atoms with E-state index in [0.29, 0.717) is 37.0 Å². The summed E-state index contributed by atoms with van der Waals surface area (Å²) in [7, 11) is 1.63. The summed E-state index contributed by atoms with van der Waals surface area (Å²) in [5.41, 5.74) is 0. The lowest BCUT2D eigenvalue weighted by molar-refractivity contribution is 0.146. The number of nitrogens with one attached hydrogen (secondary N) is 1. The van der Waals surface area contributed by atoms with Gasteiger partial charge in [-0.2, -0.15) is 0 Å². The molecular weight excluding hydrogens is 258 g/mol. The van der Waals surface area contributed by atoms with Crippen LogP contribution in [0.1, 0.15) is 32.0 Å². The Morgan fingerprint density at radius 1 is 1.35 bits per heavy atom. The number of nitrogens with zero attached hydrogens (tertiary/aromatic N) is 2.